The number of amides is 1. The second kappa shape index (κ2) is 9.01. The Kier molecular flexibility index (Phi) is 6.19. The molecule has 0 spiro atoms. The molecule has 1 saturated heterocycles. The standard InChI is InChI=1S/C23H25ClFN3O5S/c24-15-3-6-21-18(13-15)22(29)27(34(21,31)32)10-2-1-9-26-11-7-17(8-12-26)28-19-5-4-16(25)14-20(19)33-23(28)30/h3-6,13-14,17,31-32H,1-2,7-12H2. The van der Waals surface area contributed by atoms with Crippen molar-refractivity contribution in [1.82, 2.24) is 13.8 Å². The molecule has 2 aromatic carbocycles. The minimum atomic E-state index is -3.33. The van der Waals surface area contributed by atoms with Gasteiger partial charge in [0.05, 0.1) is 16.0 Å². The fraction of sp³-hybridized carbons (Fsp3) is 0.391. The van der Waals surface area contributed by atoms with Gasteiger partial charge in [-0.05, 0) is 62.6 Å². The zero-order valence-electron chi connectivity index (χ0n) is 18.3. The summed E-state index contributed by atoms with van der Waals surface area (Å²) in [5.74, 6) is -1.31. The van der Waals surface area contributed by atoms with Gasteiger partial charge in [-0.15, -0.1) is 0 Å². The monoisotopic (exact) mass is 509 g/mol. The normalized spacial score (nSPS) is 19.6. The van der Waals surface area contributed by atoms with E-state index in [4.69, 9.17) is 16.0 Å². The molecule has 2 aliphatic rings. The van der Waals surface area contributed by atoms with Crippen LogP contribution in [0.5, 0.6) is 0 Å². The molecule has 34 heavy (non-hydrogen) atoms. The molecule has 2 aliphatic heterocycles. The molecular weight excluding hydrogens is 485 g/mol. The Hall–Kier alpha value is -2.37. The van der Waals surface area contributed by atoms with E-state index >= 15 is 0 Å². The molecule has 0 radical (unpaired) electrons. The molecule has 1 amide bonds. The summed E-state index contributed by atoms with van der Waals surface area (Å²) < 4.78 is 42.6. The Bertz CT molecular complexity index is 1300. The maximum atomic E-state index is 13.4. The summed E-state index contributed by atoms with van der Waals surface area (Å²) in [6.07, 6.45) is 2.95. The molecule has 1 fully saturated rings. The minimum Gasteiger partial charge on any atom is -0.408 e. The minimum absolute atomic E-state index is 0.00370. The van der Waals surface area contributed by atoms with Crippen molar-refractivity contribution in [1.29, 1.82) is 0 Å². The lowest BCUT2D eigenvalue weighted by atomic mass is 10.0. The number of piperidine rings is 1. The highest BCUT2D eigenvalue weighted by Crippen LogP contribution is 2.58. The quantitative estimate of drug-likeness (QED) is 0.454. The Labute approximate surface area is 202 Å². The first-order valence-electron chi connectivity index (χ1n) is 11.2. The average molecular weight is 510 g/mol. The van der Waals surface area contributed by atoms with E-state index in [1.165, 1.54) is 24.3 Å². The highest BCUT2D eigenvalue weighted by Gasteiger charge is 2.41. The highest BCUT2D eigenvalue weighted by atomic mass is 35.5. The molecule has 3 heterocycles. The van der Waals surface area contributed by atoms with Gasteiger partial charge in [-0.1, -0.05) is 22.4 Å². The van der Waals surface area contributed by atoms with Crippen LogP contribution in [-0.4, -0.2) is 55.0 Å². The summed E-state index contributed by atoms with van der Waals surface area (Å²) in [7, 11) is -3.33. The van der Waals surface area contributed by atoms with Crippen LogP contribution in [-0.2, 0) is 0 Å². The van der Waals surface area contributed by atoms with Crippen molar-refractivity contribution in [2.45, 2.75) is 36.6 Å². The Morgan fingerprint density at radius 2 is 1.79 bits per heavy atom. The lowest BCUT2D eigenvalue weighted by Crippen LogP contribution is -2.37. The summed E-state index contributed by atoms with van der Waals surface area (Å²) >= 11 is 5.96. The van der Waals surface area contributed by atoms with Gasteiger partial charge in [-0.2, -0.15) is 0 Å². The van der Waals surface area contributed by atoms with Gasteiger partial charge in [-0.25, -0.2) is 13.5 Å². The van der Waals surface area contributed by atoms with Crippen molar-refractivity contribution in [2.75, 3.05) is 26.2 Å². The first-order chi connectivity index (χ1) is 16.3. The molecular formula is C23H25ClFN3O5S. The molecule has 5 rings (SSSR count). The number of hydrogen-bond acceptors (Lipinski definition) is 6. The molecule has 0 unspecified atom stereocenters. The SMILES string of the molecule is O=C1c2cc(Cl)ccc2S(O)(O)N1CCCCN1CCC(n2c(=O)oc3cc(F)ccc32)CC1. The van der Waals surface area contributed by atoms with Crippen molar-refractivity contribution in [3.05, 3.63) is 63.4 Å². The van der Waals surface area contributed by atoms with E-state index in [0.29, 0.717) is 17.0 Å². The highest BCUT2D eigenvalue weighted by molar-refractivity contribution is 8.23. The summed E-state index contributed by atoms with van der Waals surface area (Å²) in [6, 6.07) is 8.66. The van der Waals surface area contributed by atoms with Gasteiger partial charge < -0.3 is 9.32 Å². The van der Waals surface area contributed by atoms with Crippen LogP contribution in [0.25, 0.3) is 11.1 Å². The molecule has 2 N–H and O–H groups in total. The largest absolute Gasteiger partial charge is 0.420 e. The van der Waals surface area contributed by atoms with Crippen molar-refractivity contribution < 1.29 is 22.7 Å². The van der Waals surface area contributed by atoms with Gasteiger partial charge in [0.2, 0.25) is 0 Å². The summed E-state index contributed by atoms with van der Waals surface area (Å²) in [4.78, 5) is 27.5. The molecule has 182 valence electrons. The Balaban J connectivity index is 1.13. The van der Waals surface area contributed by atoms with E-state index in [0.717, 1.165) is 43.2 Å². The van der Waals surface area contributed by atoms with Crippen LogP contribution in [0.4, 0.5) is 4.39 Å². The zero-order chi connectivity index (χ0) is 24.0. The first kappa shape index (κ1) is 23.4. The average Bonchev–Trinajstić information content (AvgIpc) is 3.21. The predicted octanol–water partition coefficient (Wildman–Crippen LogP) is 4.98. The van der Waals surface area contributed by atoms with Crippen molar-refractivity contribution >= 4 is 39.4 Å². The third-order valence-corrected chi connectivity index (χ3v) is 8.73. The number of aromatic nitrogens is 1. The van der Waals surface area contributed by atoms with E-state index in [-0.39, 0.29) is 28.6 Å². The number of rotatable bonds is 6. The van der Waals surface area contributed by atoms with Gasteiger partial charge >= 0.3 is 5.76 Å². The number of carbonyl (C=O) groups is 1. The van der Waals surface area contributed by atoms with Crippen molar-refractivity contribution in [3.8, 4) is 0 Å². The van der Waals surface area contributed by atoms with Crippen molar-refractivity contribution in [3.63, 3.8) is 0 Å². The predicted molar refractivity (Wildman–Crippen MR) is 128 cm³/mol. The third kappa shape index (κ3) is 4.14. The maximum Gasteiger partial charge on any atom is 0.420 e. The second-order valence-corrected chi connectivity index (χ2v) is 11.1. The number of halogens is 2. The molecule has 1 aromatic heterocycles. The van der Waals surface area contributed by atoms with E-state index in [1.807, 2.05) is 0 Å². The Morgan fingerprint density at radius 1 is 1.06 bits per heavy atom. The summed E-state index contributed by atoms with van der Waals surface area (Å²) in [6.45, 7) is 2.65. The van der Waals surface area contributed by atoms with Gasteiger partial charge in [0, 0.05) is 36.8 Å². The lowest BCUT2D eigenvalue weighted by Gasteiger charge is -2.37. The van der Waals surface area contributed by atoms with Crippen LogP contribution in [0.1, 0.15) is 42.1 Å². The molecule has 8 nitrogen and oxygen atoms in total. The maximum absolute atomic E-state index is 13.4. The van der Waals surface area contributed by atoms with Crippen LogP contribution in [0, 0.1) is 5.82 Å². The van der Waals surface area contributed by atoms with E-state index < -0.39 is 28.3 Å². The number of fused-ring (bicyclic) bond motifs is 2. The number of hydrogen-bond donors (Lipinski definition) is 2. The molecule has 0 aliphatic carbocycles. The summed E-state index contributed by atoms with van der Waals surface area (Å²) in [5.41, 5.74) is 1.13. The van der Waals surface area contributed by atoms with E-state index in [1.54, 1.807) is 16.7 Å². The van der Waals surface area contributed by atoms with E-state index in [9.17, 15) is 23.1 Å². The molecule has 11 heteroatoms. The number of likely N-dealkylation sites (tertiary alicyclic amines) is 1. The van der Waals surface area contributed by atoms with E-state index in [2.05, 4.69) is 4.90 Å². The molecule has 3 aromatic rings. The Morgan fingerprint density at radius 3 is 2.56 bits per heavy atom. The number of oxazole rings is 1. The van der Waals surface area contributed by atoms with Crippen LogP contribution in [0.2, 0.25) is 5.02 Å². The van der Waals surface area contributed by atoms with Gasteiger partial charge in [0.1, 0.15) is 5.82 Å². The second-order valence-electron chi connectivity index (χ2n) is 8.70. The summed E-state index contributed by atoms with van der Waals surface area (Å²) in [5, 5.41) is 0.380. The van der Waals surface area contributed by atoms with Gasteiger partial charge in [-0.3, -0.25) is 18.5 Å². The number of benzene rings is 2. The smallest absolute Gasteiger partial charge is 0.408 e. The number of unbranched alkanes of at least 4 members (excludes halogenated alkanes) is 1. The van der Waals surface area contributed by atoms with Crippen LogP contribution in [0.3, 0.4) is 0 Å². The lowest BCUT2D eigenvalue weighted by molar-refractivity contribution is 0.0859. The van der Waals surface area contributed by atoms with Crippen molar-refractivity contribution in [2.24, 2.45) is 0 Å². The topological polar surface area (TPSA) is 99.1 Å². The van der Waals surface area contributed by atoms with Gasteiger partial charge in [0.15, 0.2) is 5.58 Å². The van der Waals surface area contributed by atoms with Crippen LogP contribution >= 0.6 is 22.4 Å². The zero-order valence-corrected chi connectivity index (χ0v) is 19.9. The van der Waals surface area contributed by atoms with Crippen LogP contribution in [0.15, 0.2) is 50.5 Å². The van der Waals surface area contributed by atoms with Crippen LogP contribution < -0.4 is 5.76 Å². The molecule has 0 saturated carbocycles. The first-order valence-corrected chi connectivity index (χ1v) is 13.1. The molecule has 0 atom stereocenters. The third-order valence-electron chi connectivity index (χ3n) is 6.58. The fourth-order valence-corrected chi connectivity index (χ4v) is 6.67. The number of carbonyl (C=O) groups excluding carboxylic acids is 1. The van der Waals surface area contributed by atoms with Gasteiger partial charge in [0.25, 0.3) is 5.91 Å². The molecule has 0 bridgehead atoms. The number of nitrogens with zero attached hydrogens (tertiary/aromatic N) is 3. The fourth-order valence-electron chi connectivity index (χ4n) is 4.85.